The summed E-state index contributed by atoms with van der Waals surface area (Å²) >= 11 is 0. The molecule has 0 unspecified atom stereocenters. The summed E-state index contributed by atoms with van der Waals surface area (Å²) in [6.07, 6.45) is 5.77. The van der Waals surface area contributed by atoms with E-state index in [1.165, 1.54) is 0 Å². The molecule has 5 nitrogen and oxygen atoms in total. The molecule has 1 aliphatic rings. The number of anilines is 1. The van der Waals surface area contributed by atoms with Crippen LogP contribution in [0.2, 0.25) is 0 Å². The van der Waals surface area contributed by atoms with Gasteiger partial charge in [-0.15, -0.1) is 0 Å². The molecule has 0 atom stereocenters. The molecule has 0 aliphatic carbocycles. The number of benzene rings is 1. The molecule has 1 saturated heterocycles. The van der Waals surface area contributed by atoms with Gasteiger partial charge in [0.25, 0.3) is 5.91 Å². The first-order valence-corrected chi connectivity index (χ1v) is 8.50. The number of rotatable bonds is 3. The van der Waals surface area contributed by atoms with Crippen LogP contribution in [0.1, 0.15) is 10.4 Å². The van der Waals surface area contributed by atoms with Gasteiger partial charge in [0.2, 0.25) is 0 Å². The number of hydrogen-bond donors (Lipinski definition) is 0. The second-order valence-corrected chi connectivity index (χ2v) is 6.11. The molecule has 0 saturated carbocycles. The summed E-state index contributed by atoms with van der Waals surface area (Å²) in [4.78, 5) is 21.4. The minimum absolute atomic E-state index is 0.0923. The zero-order chi connectivity index (χ0) is 17.1. The number of piperazine rings is 1. The Morgan fingerprint density at radius 1 is 0.880 bits per heavy atom. The number of aromatic nitrogens is 2. The molecule has 1 aromatic carbocycles. The van der Waals surface area contributed by atoms with Crippen LogP contribution in [-0.2, 0) is 0 Å². The average molecular weight is 332 g/mol. The van der Waals surface area contributed by atoms with Gasteiger partial charge in [0.15, 0.2) is 0 Å². The van der Waals surface area contributed by atoms with Gasteiger partial charge in [0.05, 0.1) is 0 Å². The van der Waals surface area contributed by atoms with Crippen LogP contribution in [0.25, 0.3) is 5.69 Å². The van der Waals surface area contributed by atoms with Crippen LogP contribution < -0.4 is 4.90 Å². The molecule has 25 heavy (non-hydrogen) atoms. The molecule has 2 aromatic heterocycles. The third-order valence-electron chi connectivity index (χ3n) is 4.54. The van der Waals surface area contributed by atoms with Crippen LogP contribution in [0.3, 0.4) is 0 Å². The van der Waals surface area contributed by atoms with Gasteiger partial charge in [-0.05, 0) is 42.5 Å². The number of amides is 1. The molecular formula is C20H20N4O. The van der Waals surface area contributed by atoms with Crippen LogP contribution in [0.15, 0.2) is 73.2 Å². The van der Waals surface area contributed by atoms with E-state index in [1.54, 1.807) is 6.20 Å². The van der Waals surface area contributed by atoms with Crippen molar-refractivity contribution in [3.8, 4) is 5.69 Å². The van der Waals surface area contributed by atoms with Crippen molar-refractivity contribution in [1.82, 2.24) is 14.5 Å². The summed E-state index contributed by atoms with van der Waals surface area (Å²) in [5.74, 6) is 1.07. The van der Waals surface area contributed by atoms with Gasteiger partial charge in [-0.1, -0.05) is 12.1 Å². The predicted octanol–water partition coefficient (Wildman–Crippen LogP) is 2.83. The second kappa shape index (κ2) is 6.81. The van der Waals surface area contributed by atoms with Crippen LogP contribution in [0, 0.1) is 0 Å². The monoisotopic (exact) mass is 332 g/mol. The number of nitrogens with zero attached hydrogens (tertiary/aromatic N) is 4. The molecule has 126 valence electrons. The van der Waals surface area contributed by atoms with Crippen molar-refractivity contribution >= 4 is 11.7 Å². The maximum Gasteiger partial charge on any atom is 0.254 e. The molecule has 0 spiro atoms. The summed E-state index contributed by atoms with van der Waals surface area (Å²) in [6, 6.07) is 17.7. The van der Waals surface area contributed by atoms with Crippen molar-refractivity contribution in [2.45, 2.75) is 0 Å². The first kappa shape index (κ1) is 15.4. The molecule has 0 bridgehead atoms. The number of pyridine rings is 1. The standard InChI is InChI=1S/C20H20N4O/c25-20(17-6-5-7-18(16-17)22-10-3-4-11-22)24-14-12-23(13-15-24)19-8-1-2-9-21-19/h1-11,16H,12-15H2. The highest BCUT2D eigenvalue weighted by Gasteiger charge is 2.22. The first-order valence-electron chi connectivity index (χ1n) is 8.50. The Morgan fingerprint density at radius 2 is 1.68 bits per heavy atom. The van der Waals surface area contributed by atoms with Gasteiger partial charge in [-0.2, -0.15) is 0 Å². The van der Waals surface area contributed by atoms with Crippen molar-refractivity contribution in [2.75, 3.05) is 31.1 Å². The number of hydrogen-bond acceptors (Lipinski definition) is 3. The molecule has 3 aromatic rings. The highest BCUT2D eigenvalue weighted by atomic mass is 16.2. The van der Waals surface area contributed by atoms with E-state index in [0.29, 0.717) is 13.1 Å². The lowest BCUT2D eigenvalue weighted by Gasteiger charge is -2.35. The molecule has 1 amide bonds. The van der Waals surface area contributed by atoms with Crippen LogP contribution in [0.4, 0.5) is 5.82 Å². The van der Waals surface area contributed by atoms with Crippen LogP contribution >= 0.6 is 0 Å². The number of carbonyl (C=O) groups excluding carboxylic acids is 1. The molecular weight excluding hydrogens is 312 g/mol. The highest BCUT2D eigenvalue weighted by molar-refractivity contribution is 5.95. The predicted molar refractivity (Wildman–Crippen MR) is 98.1 cm³/mol. The maximum absolute atomic E-state index is 12.8. The van der Waals surface area contributed by atoms with E-state index in [1.807, 2.05) is 76.5 Å². The normalized spacial score (nSPS) is 14.6. The quantitative estimate of drug-likeness (QED) is 0.741. The zero-order valence-corrected chi connectivity index (χ0v) is 14.0. The zero-order valence-electron chi connectivity index (χ0n) is 14.0. The largest absolute Gasteiger partial charge is 0.353 e. The maximum atomic E-state index is 12.8. The molecule has 0 radical (unpaired) electrons. The molecule has 3 heterocycles. The Kier molecular flexibility index (Phi) is 4.21. The van der Waals surface area contributed by atoms with Crippen molar-refractivity contribution in [1.29, 1.82) is 0 Å². The summed E-state index contributed by atoms with van der Waals surface area (Å²) < 4.78 is 2.01. The van der Waals surface area contributed by atoms with E-state index >= 15 is 0 Å². The minimum atomic E-state index is 0.0923. The lowest BCUT2D eigenvalue weighted by atomic mass is 10.1. The van der Waals surface area contributed by atoms with Gasteiger partial charge >= 0.3 is 0 Å². The Labute approximate surface area is 147 Å². The van der Waals surface area contributed by atoms with E-state index in [4.69, 9.17) is 0 Å². The van der Waals surface area contributed by atoms with E-state index < -0.39 is 0 Å². The van der Waals surface area contributed by atoms with Crippen molar-refractivity contribution in [2.24, 2.45) is 0 Å². The lowest BCUT2D eigenvalue weighted by Crippen LogP contribution is -2.49. The summed E-state index contributed by atoms with van der Waals surface area (Å²) in [7, 11) is 0. The topological polar surface area (TPSA) is 41.4 Å². The van der Waals surface area contributed by atoms with E-state index in [2.05, 4.69) is 9.88 Å². The fourth-order valence-corrected chi connectivity index (χ4v) is 3.17. The Hall–Kier alpha value is -3.08. The fraction of sp³-hybridized carbons (Fsp3) is 0.200. The van der Waals surface area contributed by atoms with E-state index in [9.17, 15) is 4.79 Å². The molecule has 0 N–H and O–H groups in total. The van der Waals surface area contributed by atoms with Crippen molar-refractivity contribution in [3.63, 3.8) is 0 Å². The van der Waals surface area contributed by atoms with Gasteiger partial charge in [0, 0.05) is 56.0 Å². The lowest BCUT2D eigenvalue weighted by molar-refractivity contribution is 0.0746. The highest BCUT2D eigenvalue weighted by Crippen LogP contribution is 2.16. The summed E-state index contributed by atoms with van der Waals surface area (Å²) in [5.41, 5.74) is 1.74. The first-order chi connectivity index (χ1) is 12.3. The van der Waals surface area contributed by atoms with Crippen LogP contribution in [-0.4, -0.2) is 46.5 Å². The van der Waals surface area contributed by atoms with Gasteiger partial charge in [0.1, 0.15) is 5.82 Å². The van der Waals surface area contributed by atoms with Gasteiger partial charge in [-0.3, -0.25) is 4.79 Å². The number of carbonyl (C=O) groups is 1. The summed E-state index contributed by atoms with van der Waals surface area (Å²) in [6.45, 7) is 3.03. The van der Waals surface area contributed by atoms with Crippen LogP contribution in [0.5, 0.6) is 0 Å². The third-order valence-corrected chi connectivity index (χ3v) is 4.54. The minimum Gasteiger partial charge on any atom is -0.353 e. The second-order valence-electron chi connectivity index (χ2n) is 6.11. The SMILES string of the molecule is O=C(c1cccc(-n2cccc2)c1)N1CCN(c2ccccn2)CC1. The van der Waals surface area contributed by atoms with Gasteiger partial charge in [-0.25, -0.2) is 4.98 Å². The third kappa shape index (κ3) is 3.26. The Morgan fingerprint density at radius 3 is 2.40 bits per heavy atom. The fourth-order valence-electron chi connectivity index (χ4n) is 3.17. The smallest absolute Gasteiger partial charge is 0.254 e. The average Bonchev–Trinajstić information content (AvgIpc) is 3.23. The van der Waals surface area contributed by atoms with E-state index in [0.717, 1.165) is 30.2 Å². The molecule has 1 aliphatic heterocycles. The Balaban J connectivity index is 1.45. The summed E-state index contributed by atoms with van der Waals surface area (Å²) in [5, 5.41) is 0. The molecule has 5 heteroatoms. The van der Waals surface area contributed by atoms with E-state index in [-0.39, 0.29) is 5.91 Å². The van der Waals surface area contributed by atoms with Crippen molar-refractivity contribution < 1.29 is 4.79 Å². The van der Waals surface area contributed by atoms with Crippen molar-refractivity contribution in [3.05, 3.63) is 78.8 Å². The Bertz CT molecular complexity index is 837. The molecule has 1 fully saturated rings. The van der Waals surface area contributed by atoms with Gasteiger partial charge < -0.3 is 14.4 Å². The molecule has 4 rings (SSSR count).